The molecule has 1 aliphatic heterocycles. The summed E-state index contributed by atoms with van der Waals surface area (Å²) in [5.41, 5.74) is 0. The molecule has 0 aromatic heterocycles. The average molecular weight is 310 g/mol. The van der Waals surface area contributed by atoms with Crippen molar-refractivity contribution in [2.45, 2.75) is 44.2 Å². The first-order chi connectivity index (χ1) is 8.81. The van der Waals surface area contributed by atoms with E-state index in [0.29, 0.717) is 6.10 Å². The van der Waals surface area contributed by atoms with Crippen molar-refractivity contribution < 1.29 is 4.74 Å². The van der Waals surface area contributed by atoms with Crippen LogP contribution in [0.4, 0.5) is 0 Å². The highest BCUT2D eigenvalue weighted by atomic mass is 79.9. The minimum atomic E-state index is 0.429. The van der Waals surface area contributed by atoms with Crippen LogP contribution in [0.1, 0.15) is 32.1 Å². The lowest BCUT2D eigenvalue weighted by Gasteiger charge is -2.44. The molecule has 3 heteroatoms. The minimum absolute atomic E-state index is 0.429. The second-order valence-corrected chi connectivity index (χ2v) is 6.33. The molecule has 0 radical (unpaired) electrons. The Balaban J connectivity index is 1.46. The molecular weight excluding hydrogens is 290 g/mol. The Hall–Kier alpha value is -0.540. The van der Waals surface area contributed by atoms with Gasteiger partial charge in [-0.3, -0.25) is 0 Å². The van der Waals surface area contributed by atoms with Crippen LogP contribution < -0.4 is 4.74 Å². The first-order valence-electron chi connectivity index (χ1n) is 6.97. The monoisotopic (exact) mass is 309 g/mol. The van der Waals surface area contributed by atoms with E-state index in [-0.39, 0.29) is 0 Å². The first kappa shape index (κ1) is 12.5. The van der Waals surface area contributed by atoms with Crippen LogP contribution in [0.5, 0.6) is 5.75 Å². The van der Waals surface area contributed by atoms with E-state index in [0.717, 1.165) is 16.3 Å². The van der Waals surface area contributed by atoms with E-state index < -0.39 is 0 Å². The van der Waals surface area contributed by atoms with E-state index in [1.807, 2.05) is 24.3 Å². The van der Waals surface area contributed by atoms with E-state index in [1.54, 1.807) is 0 Å². The summed E-state index contributed by atoms with van der Waals surface area (Å²) in [6.07, 6.45) is 7.02. The van der Waals surface area contributed by atoms with Crippen LogP contribution in [0.2, 0.25) is 0 Å². The lowest BCUT2D eigenvalue weighted by molar-refractivity contribution is 0.00892. The molecule has 1 saturated heterocycles. The molecule has 98 valence electrons. The number of rotatable bonds is 3. The minimum Gasteiger partial charge on any atom is -0.490 e. The van der Waals surface area contributed by atoms with Crippen LogP contribution in [-0.2, 0) is 0 Å². The Labute approximate surface area is 117 Å². The Morgan fingerprint density at radius 1 is 1.00 bits per heavy atom. The van der Waals surface area contributed by atoms with Crippen molar-refractivity contribution in [1.82, 2.24) is 4.90 Å². The number of piperidine rings is 1. The molecule has 1 saturated carbocycles. The number of hydrogen-bond donors (Lipinski definition) is 0. The smallest absolute Gasteiger partial charge is 0.119 e. The quantitative estimate of drug-likeness (QED) is 0.841. The second kappa shape index (κ2) is 5.62. The van der Waals surface area contributed by atoms with Crippen LogP contribution in [0.15, 0.2) is 28.7 Å². The standard InChI is InChI=1S/C15H20BrNO/c16-12-4-6-14(7-5-12)18-15-10-13(11-15)17-8-2-1-3-9-17/h4-7,13,15H,1-3,8-11H2. The van der Waals surface area contributed by atoms with Gasteiger partial charge < -0.3 is 9.64 Å². The Morgan fingerprint density at radius 3 is 2.33 bits per heavy atom. The molecule has 2 nitrogen and oxygen atoms in total. The van der Waals surface area contributed by atoms with Gasteiger partial charge in [0.2, 0.25) is 0 Å². The second-order valence-electron chi connectivity index (χ2n) is 5.42. The lowest BCUT2D eigenvalue weighted by atomic mass is 9.86. The molecule has 1 heterocycles. The molecule has 2 fully saturated rings. The van der Waals surface area contributed by atoms with E-state index in [2.05, 4.69) is 20.8 Å². The number of benzene rings is 1. The van der Waals surface area contributed by atoms with Crippen molar-refractivity contribution >= 4 is 15.9 Å². The van der Waals surface area contributed by atoms with Crippen molar-refractivity contribution in [3.05, 3.63) is 28.7 Å². The third-order valence-corrected chi connectivity index (χ3v) is 4.62. The van der Waals surface area contributed by atoms with Gasteiger partial charge in [0.05, 0.1) is 0 Å². The molecule has 0 spiro atoms. The predicted octanol–water partition coefficient (Wildman–Crippen LogP) is 3.84. The van der Waals surface area contributed by atoms with Gasteiger partial charge in [0.1, 0.15) is 11.9 Å². The van der Waals surface area contributed by atoms with Gasteiger partial charge in [-0.05, 0) is 50.2 Å². The van der Waals surface area contributed by atoms with Crippen molar-refractivity contribution in [2.75, 3.05) is 13.1 Å². The molecular formula is C15H20BrNO. The Bertz CT molecular complexity index is 380. The summed E-state index contributed by atoms with van der Waals surface area (Å²) in [5, 5.41) is 0. The van der Waals surface area contributed by atoms with E-state index >= 15 is 0 Å². The fourth-order valence-electron chi connectivity index (χ4n) is 2.92. The van der Waals surface area contributed by atoms with Gasteiger partial charge in [0.25, 0.3) is 0 Å². The molecule has 1 aromatic rings. The summed E-state index contributed by atoms with van der Waals surface area (Å²) in [6.45, 7) is 2.60. The molecule has 3 rings (SSSR count). The van der Waals surface area contributed by atoms with Crippen LogP contribution in [0, 0.1) is 0 Å². The van der Waals surface area contributed by atoms with Crippen LogP contribution in [-0.4, -0.2) is 30.1 Å². The SMILES string of the molecule is Brc1ccc(OC2CC(N3CCCCC3)C2)cc1. The van der Waals surface area contributed by atoms with Gasteiger partial charge in [-0.15, -0.1) is 0 Å². The topological polar surface area (TPSA) is 12.5 Å². The number of nitrogens with zero attached hydrogens (tertiary/aromatic N) is 1. The zero-order valence-electron chi connectivity index (χ0n) is 10.6. The third kappa shape index (κ3) is 2.89. The van der Waals surface area contributed by atoms with Crippen molar-refractivity contribution in [1.29, 1.82) is 0 Å². The maximum absolute atomic E-state index is 5.98. The fraction of sp³-hybridized carbons (Fsp3) is 0.600. The molecule has 0 atom stereocenters. The molecule has 1 aliphatic carbocycles. The fourth-order valence-corrected chi connectivity index (χ4v) is 3.19. The van der Waals surface area contributed by atoms with Gasteiger partial charge in [-0.1, -0.05) is 22.4 Å². The van der Waals surface area contributed by atoms with Gasteiger partial charge in [-0.2, -0.15) is 0 Å². The number of halogens is 1. The maximum Gasteiger partial charge on any atom is 0.119 e. The third-order valence-electron chi connectivity index (χ3n) is 4.09. The summed E-state index contributed by atoms with van der Waals surface area (Å²) in [5.74, 6) is 1.00. The zero-order chi connectivity index (χ0) is 12.4. The van der Waals surface area contributed by atoms with Crippen LogP contribution in [0.3, 0.4) is 0 Å². The highest BCUT2D eigenvalue weighted by Gasteiger charge is 2.35. The van der Waals surface area contributed by atoms with Gasteiger partial charge in [-0.25, -0.2) is 0 Å². The summed E-state index contributed by atoms with van der Waals surface area (Å²) < 4.78 is 7.09. The van der Waals surface area contributed by atoms with E-state index in [4.69, 9.17) is 4.74 Å². The molecule has 0 N–H and O–H groups in total. The van der Waals surface area contributed by atoms with E-state index in [9.17, 15) is 0 Å². The highest BCUT2D eigenvalue weighted by molar-refractivity contribution is 9.10. The van der Waals surface area contributed by atoms with Crippen LogP contribution >= 0.6 is 15.9 Å². The molecule has 2 aliphatic rings. The van der Waals surface area contributed by atoms with Gasteiger partial charge in [0, 0.05) is 23.4 Å². The lowest BCUT2D eigenvalue weighted by Crippen LogP contribution is -2.50. The normalized spacial score (nSPS) is 28.7. The maximum atomic E-state index is 5.98. The molecule has 0 bridgehead atoms. The summed E-state index contributed by atoms with van der Waals surface area (Å²) >= 11 is 3.44. The van der Waals surface area contributed by atoms with Crippen molar-refractivity contribution in [2.24, 2.45) is 0 Å². The Kier molecular flexibility index (Phi) is 3.90. The van der Waals surface area contributed by atoms with Gasteiger partial charge in [0.15, 0.2) is 0 Å². The number of hydrogen-bond acceptors (Lipinski definition) is 2. The van der Waals surface area contributed by atoms with Gasteiger partial charge >= 0.3 is 0 Å². The van der Waals surface area contributed by atoms with Crippen molar-refractivity contribution in [3.8, 4) is 5.75 Å². The van der Waals surface area contributed by atoms with Crippen LogP contribution in [0.25, 0.3) is 0 Å². The summed E-state index contributed by atoms with van der Waals surface area (Å²) in [4.78, 5) is 2.66. The highest BCUT2D eigenvalue weighted by Crippen LogP contribution is 2.31. The molecule has 1 aromatic carbocycles. The number of ether oxygens (including phenoxy) is 1. The first-order valence-corrected chi connectivity index (χ1v) is 7.77. The summed E-state index contributed by atoms with van der Waals surface area (Å²) in [7, 11) is 0. The molecule has 0 amide bonds. The average Bonchev–Trinajstić information content (AvgIpc) is 2.36. The van der Waals surface area contributed by atoms with Crippen molar-refractivity contribution in [3.63, 3.8) is 0 Å². The number of likely N-dealkylation sites (tertiary alicyclic amines) is 1. The summed E-state index contributed by atoms with van der Waals surface area (Å²) in [6, 6.07) is 8.94. The zero-order valence-corrected chi connectivity index (χ0v) is 12.2. The molecule has 0 unspecified atom stereocenters. The Morgan fingerprint density at radius 2 is 1.67 bits per heavy atom. The van der Waals surface area contributed by atoms with E-state index in [1.165, 1.54) is 45.2 Å². The molecule has 18 heavy (non-hydrogen) atoms. The predicted molar refractivity (Wildman–Crippen MR) is 77.0 cm³/mol. The largest absolute Gasteiger partial charge is 0.490 e.